The number of benzene rings is 2. The van der Waals surface area contributed by atoms with Gasteiger partial charge in [0.1, 0.15) is 0 Å². The van der Waals surface area contributed by atoms with Crippen molar-refractivity contribution in [2.24, 2.45) is 0 Å². The van der Waals surface area contributed by atoms with E-state index in [0.717, 1.165) is 26.1 Å². The lowest BCUT2D eigenvalue weighted by Gasteiger charge is -2.24. The molecule has 3 heteroatoms. The van der Waals surface area contributed by atoms with Crippen molar-refractivity contribution in [2.75, 3.05) is 25.0 Å². The number of hydrogen-bond acceptors (Lipinski definition) is 3. The quantitative estimate of drug-likeness (QED) is 0.730. The van der Waals surface area contributed by atoms with Crippen molar-refractivity contribution in [3.8, 4) is 0 Å². The maximum atomic E-state index is 3.63. The summed E-state index contributed by atoms with van der Waals surface area (Å²) in [6.07, 6.45) is 1.10. The van der Waals surface area contributed by atoms with Gasteiger partial charge in [-0.2, -0.15) is 0 Å². The summed E-state index contributed by atoms with van der Waals surface area (Å²) in [5, 5.41) is 3.63. The molecule has 0 spiro atoms. The van der Waals surface area contributed by atoms with E-state index in [9.17, 15) is 0 Å². The molecular formula is C18H22N2S. The molecule has 0 atom stereocenters. The van der Waals surface area contributed by atoms with Gasteiger partial charge in [-0.15, -0.1) is 0 Å². The van der Waals surface area contributed by atoms with Crippen molar-refractivity contribution in [3.05, 3.63) is 48.0 Å². The molecular weight excluding hydrogens is 276 g/mol. The fourth-order valence-corrected chi connectivity index (χ4v) is 3.79. The first-order chi connectivity index (χ1) is 10.3. The van der Waals surface area contributed by atoms with Gasteiger partial charge in [-0.1, -0.05) is 49.9 Å². The molecule has 21 heavy (non-hydrogen) atoms. The number of likely N-dealkylation sites (N-methyl/N-ethyl adjacent to an activating group) is 1. The summed E-state index contributed by atoms with van der Waals surface area (Å²) in [6, 6.07) is 15.2. The Morgan fingerprint density at radius 1 is 0.952 bits per heavy atom. The summed E-state index contributed by atoms with van der Waals surface area (Å²) in [5.74, 6) is 0. The Balaban J connectivity index is 1.82. The first-order valence-electron chi connectivity index (χ1n) is 7.70. The molecule has 1 aliphatic rings. The van der Waals surface area contributed by atoms with Gasteiger partial charge < -0.3 is 10.2 Å². The lowest BCUT2D eigenvalue weighted by Crippen LogP contribution is -2.25. The summed E-state index contributed by atoms with van der Waals surface area (Å²) < 4.78 is 0. The highest BCUT2D eigenvalue weighted by atomic mass is 32.2. The highest BCUT2D eigenvalue weighted by Crippen LogP contribution is 2.45. The molecule has 0 amide bonds. The smallest absolute Gasteiger partial charge is 0.0559 e. The Bertz CT molecular complexity index is 620. The van der Waals surface area contributed by atoms with Crippen LogP contribution in [0.2, 0.25) is 0 Å². The van der Waals surface area contributed by atoms with Crippen LogP contribution in [0.5, 0.6) is 0 Å². The zero-order chi connectivity index (χ0) is 14.7. The van der Waals surface area contributed by atoms with E-state index in [2.05, 4.69) is 66.5 Å². The second kappa shape index (κ2) is 6.54. The predicted molar refractivity (Wildman–Crippen MR) is 91.8 cm³/mol. The number of rotatable bonds is 5. The minimum atomic E-state index is 1.10. The second-order valence-electron chi connectivity index (χ2n) is 5.29. The van der Waals surface area contributed by atoms with Gasteiger partial charge in [0.05, 0.1) is 11.4 Å². The average Bonchev–Trinajstić information content (AvgIpc) is 2.54. The molecule has 0 fully saturated rings. The predicted octanol–water partition coefficient (Wildman–Crippen LogP) is 4.78. The van der Waals surface area contributed by atoms with Gasteiger partial charge in [0, 0.05) is 16.3 Å². The fourth-order valence-electron chi connectivity index (χ4n) is 2.74. The van der Waals surface area contributed by atoms with Gasteiger partial charge in [0.2, 0.25) is 0 Å². The number of anilines is 2. The van der Waals surface area contributed by atoms with E-state index >= 15 is 0 Å². The summed E-state index contributed by atoms with van der Waals surface area (Å²) in [6.45, 7) is 7.83. The van der Waals surface area contributed by atoms with Crippen LogP contribution in [-0.4, -0.2) is 24.5 Å². The minimum Gasteiger partial charge on any atom is -0.353 e. The maximum Gasteiger partial charge on any atom is 0.0559 e. The third-order valence-electron chi connectivity index (χ3n) is 4.07. The van der Waals surface area contributed by atoms with Crippen LogP contribution >= 0.6 is 11.8 Å². The summed E-state index contributed by atoms with van der Waals surface area (Å²) in [7, 11) is 0. The van der Waals surface area contributed by atoms with Crippen molar-refractivity contribution < 1.29 is 0 Å². The van der Waals surface area contributed by atoms with Crippen LogP contribution in [0.3, 0.4) is 0 Å². The van der Waals surface area contributed by atoms with E-state index in [0.29, 0.717) is 0 Å². The molecule has 0 saturated carbocycles. The monoisotopic (exact) mass is 298 g/mol. The van der Waals surface area contributed by atoms with Crippen LogP contribution in [-0.2, 0) is 6.42 Å². The molecule has 110 valence electrons. The molecule has 0 aromatic heterocycles. The van der Waals surface area contributed by atoms with Gasteiger partial charge in [-0.05, 0) is 43.3 Å². The topological polar surface area (TPSA) is 15.3 Å². The molecule has 2 nitrogen and oxygen atoms in total. The first-order valence-corrected chi connectivity index (χ1v) is 8.51. The van der Waals surface area contributed by atoms with Gasteiger partial charge >= 0.3 is 0 Å². The average molecular weight is 298 g/mol. The van der Waals surface area contributed by atoms with Gasteiger partial charge in [-0.25, -0.2) is 0 Å². The number of fused-ring (bicyclic) bond motifs is 2. The molecule has 0 aliphatic carbocycles. The van der Waals surface area contributed by atoms with E-state index in [1.165, 1.54) is 26.7 Å². The number of para-hydroxylation sites is 2. The molecule has 2 aromatic carbocycles. The number of nitrogens with one attached hydrogen (secondary N) is 1. The maximum absolute atomic E-state index is 3.63. The highest BCUT2D eigenvalue weighted by Gasteiger charge is 2.17. The molecule has 0 unspecified atom stereocenters. The Kier molecular flexibility index (Phi) is 4.51. The molecule has 1 N–H and O–H groups in total. The molecule has 3 rings (SSSR count). The summed E-state index contributed by atoms with van der Waals surface area (Å²) in [5.41, 5.74) is 3.94. The molecule has 0 bridgehead atoms. The Morgan fingerprint density at radius 2 is 1.71 bits per heavy atom. The zero-order valence-electron chi connectivity index (χ0n) is 12.7. The molecule has 1 heterocycles. The van der Waals surface area contributed by atoms with E-state index in [1.54, 1.807) is 0 Å². The van der Waals surface area contributed by atoms with E-state index < -0.39 is 0 Å². The lowest BCUT2D eigenvalue weighted by atomic mass is 10.1. The van der Waals surface area contributed by atoms with Crippen LogP contribution in [0.1, 0.15) is 19.4 Å². The normalized spacial score (nSPS) is 12.7. The molecule has 0 radical (unpaired) electrons. The van der Waals surface area contributed by atoms with Crippen LogP contribution in [0.15, 0.2) is 52.3 Å². The largest absolute Gasteiger partial charge is 0.353 e. The summed E-state index contributed by atoms with van der Waals surface area (Å²) >= 11 is 1.87. The van der Waals surface area contributed by atoms with Crippen LogP contribution in [0.25, 0.3) is 0 Å². The number of hydrogen-bond donors (Lipinski definition) is 1. The van der Waals surface area contributed by atoms with Crippen molar-refractivity contribution in [1.82, 2.24) is 4.90 Å². The lowest BCUT2D eigenvalue weighted by molar-refractivity contribution is 0.308. The Hall–Kier alpha value is -1.45. The van der Waals surface area contributed by atoms with Gasteiger partial charge in [0.25, 0.3) is 0 Å². The van der Waals surface area contributed by atoms with Gasteiger partial charge in [0.15, 0.2) is 0 Å². The Morgan fingerprint density at radius 3 is 2.52 bits per heavy atom. The van der Waals surface area contributed by atoms with Gasteiger partial charge in [-0.3, -0.25) is 0 Å². The standard InChI is InChI=1S/C18H22N2S/c1-3-20(4-2)13-12-14-8-7-11-17-18(14)19-15-9-5-6-10-16(15)21-17/h5-11,19H,3-4,12-13H2,1-2H3. The van der Waals surface area contributed by atoms with Crippen molar-refractivity contribution in [1.29, 1.82) is 0 Å². The molecule has 1 aliphatic heterocycles. The zero-order valence-corrected chi connectivity index (χ0v) is 13.5. The Labute approximate surface area is 131 Å². The SMILES string of the molecule is CCN(CC)CCc1cccc2c1Nc1ccccc1S2. The molecule has 2 aromatic rings. The van der Waals surface area contributed by atoms with E-state index in [4.69, 9.17) is 0 Å². The van der Waals surface area contributed by atoms with Crippen LogP contribution in [0, 0.1) is 0 Å². The summed E-state index contributed by atoms with van der Waals surface area (Å²) in [4.78, 5) is 5.13. The minimum absolute atomic E-state index is 1.10. The van der Waals surface area contributed by atoms with Crippen LogP contribution in [0.4, 0.5) is 11.4 Å². The van der Waals surface area contributed by atoms with Crippen molar-refractivity contribution in [2.45, 2.75) is 30.1 Å². The van der Waals surface area contributed by atoms with Crippen molar-refractivity contribution in [3.63, 3.8) is 0 Å². The van der Waals surface area contributed by atoms with Crippen molar-refractivity contribution >= 4 is 23.1 Å². The third-order valence-corrected chi connectivity index (χ3v) is 5.21. The third kappa shape index (κ3) is 3.09. The van der Waals surface area contributed by atoms with Crippen LogP contribution < -0.4 is 5.32 Å². The number of nitrogens with zero attached hydrogens (tertiary/aromatic N) is 1. The molecule has 0 saturated heterocycles. The highest BCUT2D eigenvalue weighted by molar-refractivity contribution is 7.99. The first kappa shape index (κ1) is 14.5. The fraction of sp³-hybridized carbons (Fsp3) is 0.333. The second-order valence-corrected chi connectivity index (χ2v) is 6.37. The van der Waals surface area contributed by atoms with E-state index in [1.807, 2.05) is 11.8 Å². The van der Waals surface area contributed by atoms with E-state index in [-0.39, 0.29) is 0 Å².